The largest absolute Gasteiger partial charge is 0.377 e. The Morgan fingerprint density at radius 2 is 1.11 bits per heavy atom. The predicted octanol–water partition coefficient (Wildman–Crippen LogP) is 10.2. The summed E-state index contributed by atoms with van der Waals surface area (Å²) in [5.74, 6) is 8.16. The summed E-state index contributed by atoms with van der Waals surface area (Å²) in [5, 5.41) is 3.92. The summed E-state index contributed by atoms with van der Waals surface area (Å²) in [4.78, 5) is 14.8. The molecule has 270 valence electrons. The van der Waals surface area contributed by atoms with Crippen molar-refractivity contribution in [2.45, 2.75) is 32.7 Å². The lowest BCUT2D eigenvalue weighted by Crippen LogP contribution is -2.33. The molecule has 0 amide bonds. The summed E-state index contributed by atoms with van der Waals surface area (Å²) in [6.07, 6.45) is 30.3. The third-order valence-corrected chi connectivity index (χ3v) is 11.1. The van der Waals surface area contributed by atoms with Crippen molar-refractivity contribution < 1.29 is 0 Å². The normalized spacial score (nSPS) is 21.8. The third-order valence-electron chi connectivity index (χ3n) is 11.1. The van der Waals surface area contributed by atoms with Crippen molar-refractivity contribution in [2.75, 3.05) is 0 Å². The van der Waals surface area contributed by atoms with Gasteiger partial charge in [-0.15, -0.1) is 19.3 Å². The number of benzene rings is 4. The van der Waals surface area contributed by atoms with Crippen molar-refractivity contribution in [3.8, 4) is 37.0 Å². The molecule has 4 aliphatic heterocycles. The zero-order chi connectivity index (χ0) is 39.2. The maximum absolute atomic E-state index is 5.80. The van der Waals surface area contributed by atoms with Gasteiger partial charge in [0.15, 0.2) is 0 Å². The van der Waals surface area contributed by atoms with Crippen LogP contribution in [-0.4, -0.2) is 22.4 Å². The Morgan fingerprint density at radius 1 is 0.561 bits per heavy atom. The zero-order valence-corrected chi connectivity index (χ0v) is 32.0. The van der Waals surface area contributed by atoms with Crippen LogP contribution >= 0.6 is 0 Å². The third kappa shape index (κ3) is 6.33. The molecule has 0 spiro atoms. The molecule has 0 fully saturated rings. The van der Waals surface area contributed by atoms with Gasteiger partial charge in [-0.2, -0.15) is 0 Å². The van der Waals surface area contributed by atoms with E-state index in [1.54, 1.807) is 0 Å². The Labute approximate surface area is 334 Å². The Bertz CT molecular complexity index is 2870. The van der Waals surface area contributed by atoms with Crippen molar-refractivity contribution in [3.05, 3.63) is 218 Å². The molecule has 8 bridgehead atoms. The van der Waals surface area contributed by atoms with Crippen LogP contribution in [0.15, 0.2) is 161 Å². The SMILES string of the molecule is C#Cc1ccc(/C2=C3\C=C[C@H](N3)[C@@H](c3ccc(C#C)cc3)C3=N/C(=C(/c4c(C)cc(C)cc4C)c4ccc([nH]4)/C(c4ccc(C#C)cc4)=C4/C=CC2=N4)C=C3)cc1. The van der Waals surface area contributed by atoms with Crippen LogP contribution in [0.25, 0.3) is 16.7 Å². The predicted molar refractivity (Wildman–Crippen MR) is 235 cm³/mol. The van der Waals surface area contributed by atoms with Crippen LogP contribution < -0.4 is 5.32 Å². The van der Waals surface area contributed by atoms with Gasteiger partial charge in [0, 0.05) is 50.5 Å². The van der Waals surface area contributed by atoms with Gasteiger partial charge >= 0.3 is 0 Å². The van der Waals surface area contributed by atoms with Crippen molar-refractivity contribution >= 4 is 28.1 Å². The molecule has 4 aliphatic rings. The van der Waals surface area contributed by atoms with Crippen molar-refractivity contribution in [1.82, 2.24) is 10.3 Å². The number of rotatable bonds is 4. The number of nitrogens with one attached hydrogen (secondary N) is 2. The van der Waals surface area contributed by atoms with Gasteiger partial charge in [0.1, 0.15) is 0 Å². The van der Waals surface area contributed by atoms with Gasteiger partial charge in [-0.3, -0.25) is 4.99 Å². The minimum atomic E-state index is -0.132. The molecule has 0 aliphatic carbocycles. The van der Waals surface area contributed by atoms with E-state index in [4.69, 9.17) is 29.3 Å². The molecular formula is C53H38N4. The van der Waals surface area contributed by atoms with E-state index < -0.39 is 0 Å². The molecule has 9 rings (SSSR count). The number of hydrogen-bond acceptors (Lipinski definition) is 3. The highest BCUT2D eigenvalue weighted by molar-refractivity contribution is 6.32. The molecular weight excluding hydrogens is 693 g/mol. The van der Waals surface area contributed by atoms with Gasteiger partial charge in [0.2, 0.25) is 0 Å². The smallest absolute Gasteiger partial charge is 0.0737 e. The van der Waals surface area contributed by atoms with Crippen molar-refractivity contribution in [1.29, 1.82) is 0 Å². The molecule has 5 aromatic rings. The van der Waals surface area contributed by atoms with Crippen LogP contribution in [0.2, 0.25) is 0 Å². The van der Waals surface area contributed by atoms with Gasteiger partial charge in [-0.1, -0.05) is 77.9 Å². The summed E-state index contributed by atoms with van der Waals surface area (Å²) in [6, 6.07) is 33.1. The molecule has 2 atom stereocenters. The van der Waals surface area contributed by atoms with Crippen LogP contribution in [0.1, 0.15) is 72.9 Å². The van der Waals surface area contributed by atoms with E-state index in [0.717, 1.165) is 95.6 Å². The maximum atomic E-state index is 5.80. The molecule has 2 N–H and O–H groups in total. The lowest BCUT2D eigenvalue weighted by molar-refractivity contribution is 0.666. The molecule has 4 nitrogen and oxygen atoms in total. The van der Waals surface area contributed by atoms with Crippen LogP contribution in [0.3, 0.4) is 0 Å². The number of aliphatic imine (C=N–C) groups is 2. The van der Waals surface area contributed by atoms with Gasteiger partial charge in [0.05, 0.1) is 34.8 Å². The van der Waals surface area contributed by atoms with E-state index in [9.17, 15) is 0 Å². The van der Waals surface area contributed by atoms with E-state index >= 15 is 0 Å². The summed E-state index contributed by atoms with van der Waals surface area (Å²) in [7, 11) is 0. The number of hydrogen-bond donors (Lipinski definition) is 2. The standard InChI is InChI=1S/C53H38N4/c1-7-35-10-16-38(17-11-35)50-41-22-24-43(54-41)51(39-18-12-36(8-2)13-19-39)45-26-28-47(56-45)53(49-33(5)30-32(4)31-34(49)6)48-29-27-46(57-48)52(44-25-23-42(50)55-44)40-20-14-37(9-3)15-21-40/h1-3,10-31,43,51,54,57H,4-6H3/b50-41-,52-44-,53-47+/t43-,51+/m0/s1. The second kappa shape index (κ2) is 14.2. The monoisotopic (exact) mass is 730 g/mol. The van der Waals surface area contributed by atoms with E-state index in [-0.39, 0.29) is 12.0 Å². The van der Waals surface area contributed by atoms with Gasteiger partial charge in [-0.25, -0.2) is 4.99 Å². The first kappa shape index (κ1) is 35.1. The Kier molecular flexibility index (Phi) is 8.78. The van der Waals surface area contributed by atoms with E-state index in [0.29, 0.717) is 0 Å². The fraction of sp³-hybridized carbons (Fsp3) is 0.0943. The number of H-pyrrole nitrogens is 1. The molecule has 4 aromatic carbocycles. The van der Waals surface area contributed by atoms with Crippen molar-refractivity contribution in [2.24, 2.45) is 9.98 Å². The number of nitrogens with zero attached hydrogens (tertiary/aromatic N) is 2. The lowest BCUT2D eigenvalue weighted by atomic mass is 9.87. The minimum Gasteiger partial charge on any atom is -0.377 e. The van der Waals surface area contributed by atoms with Gasteiger partial charge in [0.25, 0.3) is 0 Å². The second-order valence-electron chi connectivity index (χ2n) is 14.8. The first-order valence-electron chi connectivity index (χ1n) is 19.0. The Hall–Kier alpha value is -7.58. The summed E-state index contributed by atoms with van der Waals surface area (Å²) < 4.78 is 0. The van der Waals surface area contributed by atoms with Gasteiger partial charge in [-0.05, 0) is 133 Å². The molecule has 1 aromatic heterocycles. The topological polar surface area (TPSA) is 52.5 Å². The molecule has 57 heavy (non-hydrogen) atoms. The highest BCUT2D eigenvalue weighted by atomic mass is 15.0. The number of aryl methyl sites for hydroxylation is 3. The Balaban J connectivity index is 1.34. The maximum Gasteiger partial charge on any atom is 0.0737 e. The molecule has 0 saturated heterocycles. The van der Waals surface area contributed by atoms with Crippen LogP contribution in [0, 0.1) is 57.8 Å². The zero-order valence-electron chi connectivity index (χ0n) is 32.0. The van der Waals surface area contributed by atoms with E-state index in [2.05, 4.69) is 146 Å². The number of aromatic amines is 1. The summed E-state index contributed by atoms with van der Waals surface area (Å²) in [5.41, 5.74) is 19.7. The first-order valence-corrected chi connectivity index (χ1v) is 19.0. The van der Waals surface area contributed by atoms with Gasteiger partial charge < -0.3 is 10.3 Å². The number of fused-ring (bicyclic) bond motifs is 6. The fourth-order valence-electron chi connectivity index (χ4n) is 8.52. The van der Waals surface area contributed by atoms with Crippen LogP contribution in [0.4, 0.5) is 0 Å². The molecule has 0 unspecified atom stereocenters. The molecule has 4 heteroatoms. The fourth-order valence-corrected chi connectivity index (χ4v) is 8.52. The quantitative estimate of drug-likeness (QED) is 0.178. The summed E-state index contributed by atoms with van der Waals surface area (Å²) >= 11 is 0. The molecule has 0 saturated carbocycles. The van der Waals surface area contributed by atoms with E-state index in [1.807, 2.05) is 36.4 Å². The van der Waals surface area contributed by atoms with Crippen LogP contribution in [0.5, 0.6) is 0 Å². The second-order valence-corrected chi connectivity index (χ2v) is 14.8. The van der Waals surface area contributed by atoms with Crippen molar-refractivity contribution in [3.63, 3.8) is 0 Å². The minimum absolute atomic E-state index is 0.123. The Morgan fingerprint density at radius 3 is 1.72 bits per heavy atom. The average molecular weight is 731 g/mol. The van der Waals surface area contributed by atoms with E-state index in [1.165, 1.54) is 16.7 Å². The molecule has 5 heterocycles. The number of allylic oxidation sites excluding steroid dienone is 6. The summed E-state index contributed by atoms with van der Waals surface area (Å²) in [6.45, 7) is 6.51. The number of terminal acetylenes is 3. The highest BCUT2D eigenvalue weighted by Gasteiger charge is 2.33. The highest BCUT2D eigenvalue weighted by Crippen LogP contribution is 2.40. The average Bonchev–Trinajstić information content (AvgIpc) is 4.07. The molecule has 0 radical (unpaired) electrons. The lowest BCUT2D eigenvalue weighted by Gasteiger charge is -2.25. The van der Waals surface area contributed by atoms with Crippen LogP contribution in [-0.2, 0) is 0 Å². The number of aromatic nitrogens is 1. The first-order chi connectivity index (χ1) is 27.8.